The molecule has 31 heavy (non-hydrogen) atoms. The summed E-state index contributed by atoms with van der Waals surface area (Å²) < 4.78 is 1.71. The molecule has 1 fully saturated rings. The highest BCUT2D eigenvalue weighted by Crippen LogP contribution is 2.23. The standard InChI is InChI=1S/C24H26Cl2N4O/c1-18-22(23(26)30(27-18)17-19-6-3-2-4-7-19)24(31)29-13-5-12-28(14-15-29)16-20-8-10-21(25)11-9-20/h2-4,6-11H,5,12-17H2,1H3. The first-order valence-electron chi connectivity index (χ1n) is 10.5. The van der Waals surface area contributed by atoms with E-state index in [0.717, 1.165) is 43.2 Å². The van der Waals surface area contributed by atoms with Crippen LogP contribution in [0.3, 0.4) is 0 Å². The van der Waals surface area contributed by atoms with Crippen molar-refractivity contribution in [2.24, 2.45) is 0 Å². The summed E-state index contributed by atoms with van der Waals surface area (Å²) in [6.07, 6.45) is 0.925. The van der Waals surface area contributed by atoms with Crippen molar-refractivity contribution in [3.63, 3.8) is 0 Å². The van der Waals surface area contributed by atoms with Crippen molar-refractivity contribution >= 4 is 29.1 Å². The van der Waals surface area contributed by atoms with Crippen LogP contribution in [0.25, 0.3) is 0 Å². The van der Waals surface area contributed by atoms with Gasteiger partial charge in [0.25, 0.3) is 5.91 Å². The van der Waals surface area contributed by atoms with Crippen LogP contribution in [0.5, 0.6) is 0 Å². The second-order valence-electron chi connectivity index (χ2n) is 7.94. The summed E-state index contributed by atoms with van der Waals surface area (Å²) in [5, 5.41) is 5.70. The predicted molar refractivity (Wildman–Crippen MR) is 125 cm³/mol. The Morgan fingerprint density at radius 2 is 1.61 bits per heavy atom. The number of amides is 1. The largest absolute Gasteiger partial charge is 0.337 e. The maximum Gasteiger partial charge on any atom is 0.258 e. The summed E-state index contributed by atoms with van der Waals surface area (Å²) in [6.45, 7) is 6.42. The Bertz CT molecular complexity index is 1030. The molecule has 1 aromatic heterocycles. The third kappa shape index (κ3) is 5.29. The van der Waals surface area contributed by atoms with Crippen LogP contribution in [-0.4, -0.2) is 51.7 Å². The van der Waals surface area contributed by atoms with E-state index >= 15 is 0 Å². The van der Waals surface area contributed by atoms with Crippen molar-refractivity contribution in [3.05, 3.63) is 87.2 Å². The van der Waals surface area contributed by atoms with Crippen LogP contribution in [-0.2, 0) is 13.1 Å². The fourth-order valence-corrected chi connectivity index (χ4v) is 4.44. The molecule has 0 bridgehead atoms. The molecule has 0 N–H and O–H groups in total. The molecule has 1 amide bonds. The minimum absolute atomic E-state index is 0.0323. The van der Waals surface area contributed by atoms with Gasteiger partial charge in [-0.25, -0.2) is 4.68 Å². The fraction of sp³-hybridized carbons (Fsp3) is 0.333. The molecule has 1 aliphatic heterocycles. The smallest absolute Gasteiger partial charge is 0.258 e. The molecule has 0 aliphatic carbocycles. The van der Waals surface area contributed by atoms with Gasteiger partial charge < -0.3 is 4.90 Å². The summed E-state index contributed by atoms with van der Waals surface area (Å²) in [5.74, 6) is -0.0323. The SMILES string of the molecule is Cc1nn(Cc2ccccc2)c(Cl)c1C(=O)N1CCCN(Cc2ccc(Cl)cc2)CC1. The van der Waals surface area contributed by atoms with Gasteiger partial charge in [-0.1, -0.05) is 65.7 Å². The monoisotopic (exact) mass is 456 g/mol. The summed E-state index contributed by atoms with van der Waals surface area (Å²) in [6, 6.07) is 17.9. The Kier molecular flexibility index (Phi) is 6.96. The van der Waals surface area contributed by atoms with Gasteiger partial charge in [0, 0.05) is 37.7 Å². The summed E-state index contributed by atoms with van der Waals surface area (Å²) >= 11 is 12.6. The van der Waals surface area contributed by atoms with E-state index in [4.69, 9.17) is 23.2 Å². The molecule has 0 radical (unpaired) electrons. The first kappa shape index (κ1) is 21.9. The number of hydrogen-bond donors (Lipinski definition) is 0. The van der Waals surface area contributed by atoms with E-state index in [-0.39, 0.29) is 5.91 Å². The Balaban J connectivity index is 1.43. The van der Waals surface area contributed by atoms with E-state index in [1.165, 1.54) is 5.56 Å². The van der Waals surface area contributed by atoms with Crippen LogP contribution in [0.4, 0.5) is 0 Å². The van der Waals surface area contributed by atoms with Gasteiger partial charge in [-0.3, -0.25) is 9.69 Å². The summed E-state index contributed by atoms with van der Waals surface area (Å²) in [5.41, 5.74) is 3.51. The van der Waals surface area contributed by atoms with Crippen molar-refractivity contribution in [1.82, 2.24) is 19.6 Å². The van der Waals surface area contributed by atoms with E-state index in [0.29, 0.717) is 29.5 Å². The lowest BCUT2D eigenvalue weighted by Crippen LogP contribution is -2.35. The number of carbonyl (C=O) groups excluding carboxylic acids is 1. The Morgan fingerprint density at radius 1 is 0.903 bits per heavy atom. The molecule has 7 heteroatoms. The maximum atomic E-state index is 13.3. The molecule has 4 rings (SSSR count). The van der Waals surface area contributed by atoms with Gasteiger partial charge in [0.15, 0.2) is 0 Å². The third-order valence-corrected chi connectivity index (χ3v) is 6.29. The Morgan fingerprint density at radius 3 is 2.35 bits per heavy atom. The zero-order chi connectivity index (χ0) is 21.8. The van der Waals surface area contributed by atoms with E-state index < -0.39 is 0 Å². The summed E-state index contributed by atoms with van der Waals surface area (Å²) in [7, 11) is 0. The van der Waals surface area contributed by atoms with Gasteiger partial charge in [0.1, 0.15) is 5.15 Å². The van der Waals surface area contributed by atoms with Gasteiger partial charge in [-0.2, -0.15) is 5.10 Å². The molecule has 162 valence electrons. The summed E-state index contributed by atoms with van der Waals surface area (Å²) in [4.78, 5) is 17.6. The van der Waals surface area contributed by atoms with Gasteiger partial charge in [-0.05, 0) is 36.6 Å². The van der Waals surface area contributed by atoms with Crippen molar-refractivity contribution in [2.75, 3.05) is 26.2 Å². The number of aromatic nitrogens is 2. The number of halogens is 2. The lowest BCUT2D eigenvalue weighted by atomic mass is 10.2. The maximum absolute atomic E-state index is 13.3. The zero-order valence-electron chi connectivity index (χ0n) is 17.6. The molecule has 0 spiro atoms. The normalized spacial score (nSPS) is 15.1. The Labute approximate surface area is 193 Å². The van der Waals surface area contributed by atoms with Crippen LogP contribution >= 0.6 is 23.2 Å². The van der Waals surface area contributed by atoms with Crippen molar-refractivity contribution in [1.29, 1.82) is 0 Å². The van der Waals surface area contributed by atoms with Crippen molar-refractivity contribution < 1.29 is 4.79 Å². The number of benzene rings is 2. The minimum Gasteiger partial charge on any atom is -0.337 e. The highest BCUT2D eigenvalue weighted by Gasteiger charge is 2.26. The molecule has 5 nitrogen and oxygen atoms in total. The van der Waals surface area contributed by atoms with E-state index in [9.17, 15) is 4.79 Å². The van der Waals surface area contributed by atoms with Crippen LogP contribution in [0.2, 0.25) is 10.2 Å². The van der Waals surface area contributed by atoms with Crippen LogP contribution in [0.15, 0.2) is 54.6 Å². The number of aryl methyl sites for hydroxylation is 1. The van der Waals surface area contributed by atoms with E-state index in [1.807, 2.05) is 54.3 Å². The molecule has 2 heterocycles. The molecule has 2 aromatic carbocycles. The second-order valence-corrected chi connectivity index (χ2v) is 8.74. The van der Waals surface area contributed by atoms with Gasteiger partial charge in [0.05, 0.1) is 17.8 Å². The predicted octanol–water partition coefficient (Wildman–Crippen LogP) is 4.89. The molecule has 1 saturated heterocycles. The number of nitrogens with zero attached hydrogens (tertiary/aromatic N) is 4. The van der Waals surface area contributed by atoms with Gasteiger partial charge in [0.2, 0.25) is 0 Å². The second kappa shape index (κ2) is 9.86. The average Bonchev–Trinajstić information content (AvgIpc) is 2.92. The third-order valence-electron chi connectivity index (χ3n) is 5.65. The molecule has 0 atom stereocenters. The number of hydrogen-bond acceptors (Lipinski definition) is 3. The van der Waals surface area contributed by atoms with Crippen LogP contribution < -0.4 is 0 Å². The van der Waals surface area contributed by atoms with Crippen molar-refractivity contribution in [3.8, 4) is 0 Å². The quantitative estimate of drug-likeness (QED) is 0.548. The van der Waals surface area contributed by atoms with Crippen LogP contribution in [0, 0.1) is 6.92 Å². The first-order valence-corrected chi connectivity index (χ1v) is 11.3. The number of rotatable bonds is 5. The van der Waals surface area contributed by atoms with E-state index in [2.05, 4.69) is 22.1 Å². The molecular formula is C24H26Cl2N4O. The molecule has 0 saturated carbocycles. The molecule has 0 unspecified atom stereocenters. The molecular weight excluding hydrogens is 431 g/mol. The topological polar surface area (TPSA) is 41.4 Å². The lowest BCUT2D eigenvalue weighted by Gasteiger charge is -2.22. The highest BCUT2D eigenvalue weighted by molar-refractivity contribution is 6.33. The minimum atomic E-state index is -0.0323. The number of carbonyl (C=O) groups is 1. The zero-order valence-corrected chi connectivity index (χ0v) is 19.1. The van der Waals surface area contributed by atoms with Crippen molar-refractivity contribution in [2.45, 2.75) is 26.4 Å². The molecule has 1 aliphatic rings. The van der Waals surface area contributed by atoms with E-state index in [1.54, 1.807) is 4.68 Å². The molecule has 3 aromatic rings. The lowest BCUT2D eigenvalue weighted by molar-refractivity contribution is 0.0760. The van der Waals surface area contributed by atoms with Gasteiger partial charge in [-0.15, -0.1) is 0 Å². The first-order chi connectivity index (χ1) is 15.0. The average molecular weight is 457 g/mol. The van der Waals surface area contributed by atoms with Gasteiger partial charge >= 0.3 is 0 Å². The van der Waals surface area contributed by atoms with Crippen LogP contribution in [0.1, 0.15) is 33.6 Å². The highest BCUT2D eigenvalue weighted by atomic mass is 35.5. The fourth-order valence-electron chi connectivity index (χ4n) is 4.00. The Hall–Kier alpha value is -2.34.